The van der Waals surface area contributed by atoms with E-state index in [1.54, 1.807) is 0 Å². The minimum absolute atomic E-state index is 0.0154. The summed E-state index contributed by atoms with van der Waals surface area (Å²) in [5, 5.41) is 3.10. The molecule has 0 saturated carbocycles. The third-order valence-electron chi connectivity index (χ3n) is 4.22. The Morgan fingerprint density at radius 1 is 1.27 bits per heavy atom. The van der Waals surface area contributed by atoms with Crippen molar-refractivity contribution in [2.24, 2.45) is 5.92 Å². The lowest BCUT2D eigenvalue weighted by molar-refractivity contribution is -0.126. The molecule has 1 amide bonds. The van der Waals surface area contributed by atoms with Crippen molar-refractivity contribution in [1.82, 2.24) is 9.62 Å². The lowest BCUT2D eigenvalue weighted by atomic mass is 9.96. The SMILES string of the molecule is CCC(NC(=O)C1CCN(S(C)(=O)=O)CC1)c1ccccc1. The predicted octanol–water partition coefficient (Wildman–Crippen LogP) is 1.93. The largest absolute Gasteiger partial charge is 0.349 e. The van der Waals surface area contributed by atoms with Crippen LogP contribution < -0.4 is 5.32 Å². The number of rotatable bonds is 5. The van der Waals surface area contributed by atoms with E-state index in [2.05, 4.69) is 5.32 Å². The van der Waals surface area contributed by atoms with E-state index in [-0.39, 0.29) is 17.9 Å². The van der Waals surface area contributed by atoms with Gasteiger partial charge in [-0.3, -0.25) is 4.79 Å². The number of hydrogen-bond donors (Lipinski definition) is 1. The van der Waals surface area contributed by atoms with Gasteiger partial charge >= 0.3 is 0 Å². The van der Waals surface area contributed by atoms with Gasteiger partial charge in [0.25, 0.3) is 0 Å². The van der Waals surface area contributed by atoms with Crippen LogP contribution in [0.3, 0.4) is 0 Å². The van der Waals surface area contributed by atoms with Crippen LogP contribution in [-0.4, -0.2) is 38.0 Å². The fourth-order valence-corrected chi connectivity index (χ4v) is 3.72. The number of nitrogens with one attached hydrogen (secondary N) is 1. The molecular weight excluding hydrogens is 300 g/mol. The van der Waals surface area contributed by atoms with E-state index in [4.69, 9.17) is 0 Å². The molecule has 1 aromatic rings. The molecule has 0 bridgehead atoms. The Hall–Kier alpha value is -1.40. The minimum atomic E-state index is -3.14. The number of piperidine rings is 1. The highest BCUT2D eigenvalue weighted by Gasteiger charge is 2.29. The lowest BCUT2D eigenvalue weighted by Crippen LogP contribution is -2.43. The molecule has 1 atom stereocenters. The summed E-state index contributed by atoms with van der Waals surface area (Å²) in [5.74, 6) is -0.0698. The Kier molecular flexibility index (Phi) is 5.58. The van der Waals surface area contributed by atoms with Crippen molar-refractivity contribution in [1.29, 1.82) is 0 Å². The fourth-order valence-electron chi connectivity index (χ4n) is 2.85. The third kappa shape index (κ3) is 4.30. The van der Waals surface area contributed by atoms with Crippen LogP contribution in [0.15, 0.2) is 30.3 Å². The molecule has 1 aliphatic heterocycles. The molecule has 122 valence electrons. The van der Waals surface area contributed by atoms with Gasteiger partial charge in [0.05, 0.1) is 12.3 Å². The molecule has 22 heavy (non-hydrogen) atoms. The number of hydrogen-bond acceptors (Lipinski definition) is 3. The van der Waals surface area contributed by atoms with Crippen LogP contribution in [-0.2, 0) is 14.8 Å². The van der Waals surface area contributed by atoms with Crippen LogP contribution in [0, 0.1) is 5.92 Å². The zero-order valence-corrected chi connectivity index (χ0v) is 14.0. The average Bonchev–Trinajstić information content (AvgIpc) is 2.52. The maximum atomic E-state index is 12.4. The molecule has 1 unspecified atom stereocenters. The number of carbonyl (C=O) groups excluding carboxylic acids is 1. The molecule has 1 heterocycles. The number of nitrogens with zero attached hydrogens (tertiary/aromatic N) is 1. The topological polar surface area (TPSA) is 66.5 Å². The molecule has 1 N–H and O–H groups in total. The highest BCUT2D eigenvalue weighted by atomic mass is 32.2. The Balaban J connectivity index is 1.93. The lowest BCUT2D eigenvalue weighted by Gasteiger charge is -2.30. The van der Waals surface area contributed by atoms with Gasteiger partial charge in [-0.05, 0) is 24.8 Å². The van der Waals surface area contributed by atoms with Gasteiger partial charge in [0.2, 0.25) is 15.9 Å². The van der Waals surface area contributed by atoms with Gasteiger partial charge in [-0.15, -0.1) is 0 Å². The molecule has 1 fully saturated rings. The van der Waals surface area contributed by atoms with Gasteiger partial charge in [-0.2, -0.15) is 0 Å². The summed E-state index contributed by atoms with van der Waals surface area (Å²) in [6, 6.07) is 9.94. The first-order valence-corrected chi connectivity index (χ1v) is 9.57. The second-order valence-electron chi connectivity index (χ2n) is 5.82. The highest BCUT2D eigenvalue weighted by molar-refractivity contribution is 7.88. The highest BCUT2D eigenvalue weighted by Crippen LogP contribution is 2.22. The molecular formula is C16H24N2O3S. The smallest absolute Gasteiger partial charge is 0.223 e. The van der Waals surface area contributed by atoms with Crippen molar-refractivity contribution in [2.75, 3.05) is 19.3 Å². The maximum Gasteiger partial charge on any atom is 0.223 e. The van der Waals surface area contributed by atoms with E-state index in [1.807, 2.05) is 37.3 Å². The van der Waals surface area contributed by atoms with Crippen LogP contribution in [0.1, 0.15) is 37.8 Å². The summed E-state index contributed by atoms with van der Waals surface area (Å²) >= 11 is 0. The molecule has 2 rings (SSSR count). The molecule has 1 aromatic carbocycles. The van der Waals surface area contributed by atoms with Crippen LogP contribution >= 0.6 is 0 Å². The minimum Gasteiger partial charge on any atom is -0.349 e. The Morgan fingerprint density at radius 3 is 2.36 bits per heavy atom. The standard InChI is InChI=1S/C16H24N2O3S/c1-3-15(13-7-5-4-6-8-13)17-16(19)14-9-11-18(12-10-14)22(2,20)21/h4-8,14-15H,3,9-12H2,1-2H3,(H,17,19). The Morgan fingerprint density at radius 2 is 1.86 bits per heavy atom. The molecule has 6 heteroatoms. The summed E-state index contributed by atoms with van der Waals surface area (Å²) in [7, 11) is -3.14. The van der Waals surface area contributed by atoms with Gasteiger partial charge in [0.15, 0.2) is 0 Å². The van der Waals surface area contributed by atoms with Gasteiger partial charge in [-0.1, -0.05) is 37.3 Å². The zero-order valence-electron chi connectivity index (χ0n) is 13.2. The fraction of sp³-hybridized carbons (Fsp3) is 0.562. The molecule has 1 saturated heterocycles. The van der Waals surface area contributed by atoms with E-state index >= 15 is 0 Å². The third-order valence-corrected chi connectivity index (χ3v) is 5.52. The molecule has 1 aliphatic rings. The van der Waals surface area contributed by atoms with E-state index in [0.29, 0.717) is 25.9 Å². The van der Waals surface area contributed by atoms with E-state index in [9.17, 15) is 13.2 Å². The number of amides is 1. The van der Waals surface area contributed by atoms with Crippen LogP contribution in [0.2, 0.25) is 0 Å². The quantitative estimate of drug-likeness (QED) is 0.900. The van der Waals surface area contributed by atoms with Gasteiger partial charge in [0, 0.05) is 19.0 Å². The van der Waals surface area contributed by atoms with Gasteiger partial charge in [-0.25, -0.2) is 12.7 Å². The van der Waals surface area contributed by atoms with E-state index in [1.165, 1.54) is 10.6 Å². The molecule has 0 spiro atoms. The van der Waals surface area contributed by atoms with Crippen LogP contribution in [0.4, 0.5) is 0 Å². The van der Waals surface area contributed by atoms with Crippen LogP contribution in [0.5, 0.6) is 0 Å². The van der Waals surface area contributed by atoms with Crippen molar-refractivity contribution in [2.45, 2.75) is 32.2 Å². The van der Waals surface area contributed by atoms with Crippen molar-refractivity contribution in [3.63, 3.8) is 0 Å². The summed E-state index contributed by atoms with van der Waals surface area (Å²) in [4.78, 5) is 12.4. The molecule has 0 radical (unpaired) electrons. The van der Waals surface area contributed by atoms with Crippen molar-refractivity contribution in [3.8, 4) is 0 Å². The first-order valence-electron chi connectivity index (χ1n) is 7.72. The predicted molar refractivity (Wildman–Crippen MR) is 86.8 cm³/mol. The van der Waals surface area contributed by atoms with Crippen molar-refractivity contribution < 1.29 is 13.2 Å². The molecule has 0 aromatic heterocycles. The van der Waals surface area contributed by atoms with Crippen molar-refractivity contribution in [3.05, 3.63) is 35.9 Å². The summed E-state index contributed by atoms with van der Waals surface area (Å²) in [6.07, 6.45) is 3.22. The van der Waals surface area contributed by atoms with Crippen molar-refractivity contribution >= 4 is 15.9 Å². The van der Waals surface area contributed by atoms with Crippen LogP contribution in [0.25, 0.3) is 0 Å². The first kappa shape index (κ1) is 17.0. The molecule has 5 nitrogen and oxygen atoms in total. The average molecular weight is 324 g/mol. The number of benzene rings is 1. The second kappa shape index (κ2) is 7.24. The monoisotopic (exact) mass is 324 g/mol. The maximum absolute atomic E-state index is 12.4. The molecule has 0 aliphatic carbocycles. The second-order valence-corrected chi connectivity index (χ2v) is 7.80. The summed E-state index contributed by atoms with van der Waals surface area (Å²) in [5.41, 5.74) is 1.10. The van der Waals surface area contributed by atoms with Gasteiger partial charge < -0.3 is 5.32 Å². The van der Waals surface area contributed by atoms with E-state index < -0.39 is 10.0 Å². The Labute approximate surface area is 132 Å². The summed E-state index contributed by atoms with van der Waals surface area (Å²) in [6.45, 7) is 2.91. The van der Waals surface area contributed by atoms with Gasteiger partial charge in [0.1, 0.15) is 0 Å². The summed E-state index contributed by atoms with van der Waals surface area (Å²) < 4.78 is 24.4. The zero-order chi connectivity index (χ0) is 16.2. The normalized spacial score (nSPS) is 18.8. The first-order chi connectivity index (χ1) is 10.4. The van der Waals surface area contributed by atoms with E-state index in [0.717, 1.165) is 12.0 Å². The number of sulfonamides is 1. The Bertz CT molecular complexity index is 593. The number of carbonyl (C=O) groups is 1.